The standard InChI is InChI=1S/C18H21NO5S2/c1-4-5-6-13(17(21)22)19-16(20)15(26-18(19)25)10-11-9-12(23-2)7-8-14(11)24-3/h7-10,13H,4-6H2,1-3H3,(H,21,22). The number of ether oxygens (including phenoxy) is 2. The maximum atomic E-state index is 12.8. The Hall–Kier alpha value is -2.06. The number of rotatable bonds is 8. The number of benzene rings is 1. The predicted molar refractivity (Wildman–Crippen MR) is 106 cm³/mol. The third-order valence-corrected chi connectivity index (χ3v) is 5.31. The molecule has 0 radical (unpaired) electrons. The molecule has 1 aliphatic rings. The fourth-order valence-corrected chi connectivity index (χ4v) is 3.95. The van der Waals surface area contributed by atoms with Gasteiger partial charge < -0.3 is 14.6 Å². The monoisotopic (exact) mass is 395 g/mol. The van der Waals surface area contributed by atoms with E-state index in [9.17, 15) is 14.7 Å². The van der Waals surface area contributed by atoms with Crippen LogP contribution < -0.4 is 9.47 Å². The van der Waals surface area contributed by atoms with Gasteiger partial charge in [-0.1, -0.05) is 43.7 Å². The Kier molecular flexibility index (Phi) is 7.05. The van der Waals surface area contributed by atoms with Crippen LogP contribution in [0.15, 0.2) is 23.1 Å². The minimum atomic E-state index is -1.05. The van der Waals surface area contributed by atoms with Crippen molar-refractivity contribution in [2.75, 3.05) is 14.2 Å². The van der Waals surface area contributed by atoms with E-state index in [-0.39, 0.29) is 4.32 Å². The first kappa shape index (κ1) is 20.3. The summed E-state index contributed by atoms with van der Waals surface area (Å²) in [6.45, 7) is 1.97. The molecule has 6 nitrogen and oxygen atoms in total. The van der Waals surface area contributed by atoms with Crippen molar-refractivity contribution >= 4 is 46.3 Å². The summed E-state index contributed by atoms with van der Waals surface area (Å²) in [5.74, 6) is -0.237. The lowest BCUT2D eigenvalue weighted by atomic mass is 10.1. The number of aliphatic carboxylic acids is 1. The van der Waals surface area contributed by atoms with Crippen LogP contribution in [0.2, 0.25) is 0 Å². The molecule has 26 heavy (non-hydrogen) atoms. The van der Waals surface area contributed by atoms with Crippen LogP contribution in [0.25, 0.3) is 6.08 Å². The van der Waals surface area contributed by atoms with Gasteiger partial charge in [-0.05, 0) is 30.7 Å². The Balaban J connectivity index is 2.36. The molecule has 1 N–H and O–H groups in total. The number of carboxylic acid groups (broad SMARTS) is 1. The molecular weight excluding hydrogens is 374 g/mol. The average molecular weight is 396 g/mol. The van der Waals surface area contributed by atoms with Gasteiger partial charge in [-0.25, -0.2) is 4.79 Å². The van der Waals surface area contributed by atoms with Gasteiger partial charge in [0.25, 0.3) is 5.91 Å². The van der Waals surface area contributed by atoms with E-state index in [4.69, 9.17) is 21.7 Å². The van der Waals surface area contributed by atoms with Crippen LogP contribution in [0.4, 0.5) is 0 Å². The van der Waals surface area contributed by atoms with E-state index < -0.39 is 17.9 Å². The molecule has 8 heteroatoms. The highest BCUT2D eigenvalue weighted by molar-refractivity contribution is 8.26. The second-order valence-electron chi connectivity index (χ2n) is 5.66. The maximum Gasteiger partial charge on any atom is 0.326 e. The van der Waals surface area contributed by atoms with Crippen LogP contribution in [-0.2, 0) is 9.59 Å². The number of methoxy groups -OCH3 is 2. The first-order valence-corrected chi connectivity index (χ1v) is 9.37. The number of carbonyl (C=O) groups excluding carboxylic acids is 1. The summed E-state index contributed by atoms with van der Waals surface area (Å²) < 4.78 is 10.8. The van der Waals surface area contributed by atoms with Gasteiger partial charge >= 0.3 is 5.97 Å². The first-order valence-electron chi connectivity index (χ1n) is 8.14. The van der Waals surface area contributed by atoms with Crippen LogP contribution in [0.3, 0.4) is 0 Å². The third kappa shape index (κ3) is 4.37. The quantitative estimate of drug-likeness (QED) is 0.533. The minimum absolute atomic E-state index is 0.256. The minimum Gasteiger partial charge on any atom is -0.497 e. The number of nitrogens with zero attached hydrogens (tertiary/aromatic N) is 1. The molecule has 0 saturated carbocycles. The van der Waals surface area contributed by atoms with Crippen LogP contribution in [-0.4, -0.2) is 46.5 Å². The van der Waals surface area contributed by atoms with E-state index in [2.05, 4.69) is 0 Å². The molecular formula is C18H21NO5S2. The molecule has 0 aliphatic carbocycles. The van der Waals surface area contributed by atoms with Gasteiger partial charge in [0.2, 0.25) is 0 Å². The van der Waals surface area contributed by atoms with E-state index in [0.29, 0.717) is 34.8 Å². The van der Waals surface area contributed by atoms with Gasteiger partial charge in [0.1, 0.15) is 21.9 Å². The SMILES string of the molecule is CCCCC(C(=O)O)N1C(=O)C(=Cc2cc(OC)ccc2OC)SC1=S. The lowest BCUT2D eigenvalue weighted by molar-refractivity contribution is -0.145. The summed E-state index contributed by atoms with van der Waals surface area (Å²) in [5.41, 5.74) is 0.660. The highest BCUT2D eigenvalue weighted by atomic mass is 32.2. The highest BCUT2D eigenvalue weighted by Crippen LogP contribution is 2.37. The number of carbonyl (C=O) groups is 2. The van der Waals surface area contributed by atoms with Crippen molar-refractivity contribution in [2.45, 2.75) is 32.2 Å². The molecule has 2 rings (SSSR count). The van der Waals surface area contributed by atoms with Crippen molar-refractivity contribution in [3.63, 3.8) is 0 Å². The second kappa shape index (κ2) is 9.05. The molecule has 0 spiro atoms. The maximum absolute atomic E-state index is 12.8. The summed E-state index contributed by atoms with van der Waals surface area (Å²) in [6.07, 6.45) is 3.57. The Labute approximate surface area is 162 Å². The Morgan fingerprint density at radius 1 is 1.38 bits per heavy atom. The van der Waals surface area contributed by atoms with Crippen molar-refractivity contribution in [1.29, 1.82) is 0 Å². The zero-order valence-corrected chi connectivity index (χ0v) is 16.5. The second-order valence-corrected chi connectivity index (χ2v) is 7.33. The van der Waals surface area contributed by atoms with Gasteiger partial charge in [-0.3, -0.25) is 9.69 Å². The van der Waals surface area contributed by atoms with Crippen molar-refractivity contribution in [1.82, 2.24) is 4.90 Å². The Bertz CT molecular complexity index is 747. The number of carboxylic acids is 1. The largest absolute Gasteiger partial charge is 0.497 e. The van der Waals surface area contributed by atoms with Crippen molar-refractivity contribution in [3.8, 4) is 11.5 Å². The number of hydrogen-bond acceptors (Lipinski definition) is 6. The Morgan fingerprint density at radius 3 is 2.69 bits per heavy atom. The molecule has 1 aromatic carbocycles. The number of amides is 1. The molecule has 1 aromatic rings. The highest BCUT2D eigenvalue weighted by Gasteiger charge is 2.40. The predicted octanol–water partition coefficient (Wildman–Crippen LogP) is 3.55. The third-order valence-electron chi connectivity index (χ3n) is 3.97. The van der Waals surface area contributed by atoms with Crippen LogP contribution in [0.5, 0.6) is 11.5 Å². The molecule has 0 bridgehead atoms. The normalized spacial score (nSPS) is 16.9. The van der Waals surface area contributed by atoms with Crippen LogP contribution >= 0.6 is 24.0 Å². The molecule has 1 aliphatic heterocycles. The summed E-state index contributed by atoms with van der Waals surface area (Å²) in [6, 6.07) is 4.30. The summed E-state index contributed by atoms with van der Waals surface area (Å²) in [4.78, 5) is 26.0. The molecule has 1 fully saturated rings. The average Bonchev–Trinajstić information content (AvgIpc) is 2.89. The number of unbranched alkanes of at least 4 members (excludes halogenated alkanes) is 1. The van der Waals surface area contributed by atoms with Gasteiger partial charge in [-0.2, -0.15) is 0 Å². The fourth-order valence-electron chi connectivity index (χ4n) is 2.60. The van der Waals surface area contributed by atoms with E-state index in [1.807, 2.05) is 6.92 Å². The summed E-state index contributed by atoms with van der Waals surface area (Å²) >= 11 is 6.37. The number of hydrogen-bond donors (Lipinski definition) is 1. The zero-order chi connectivity index (χ0) is 19.3. The molecule has 140 valence electrons. The van der Waals surface area contributed by atoms with Crippen molar-refractivity contribution in [3.05, 3.63) is 28.7 Å². The van der Waals surface area contributed by atoms with Gasteiger partial charge in [0.15, 0.2) is 0 Å². The zero-order valence-electron chi connectivity index (χ0n) is 14.9. The smallest absolute Gasteiger partial charge is 0.326 e. The van der Waals surface area contributed by atoms with Crippen molar-refractivity contribution < 1.29 is 24.2 Å². The van der Waals surface area contributed by atoms with Gasteiger partial charge in [0.05, 0.1) is 19.1 Å². The van der Waals surface area contributed by atoms with Gasteiger partial charge in [0, 0.05) is 5.56 Å². The molecule has 0 aromatic heterocycles. The van der Waals surface area contributed by atoms with Crippen molar-refractivity contribution in [2.24, 2.45) is 0 Å². The van der Waals surface area contributed by atoms with E-state index >= 15 is 0 Å². The van der Waals surface area contributed by atoms with E-state index in [0.717, 1.165) is 18.2 Å². The lowest BCUT2D eigenvalue weighted by Crippen LogP contribution is -2.43. The van der Waals surface area contributed by atoms with Crippen LogP contribution in [0.1, 0.15) is 31.7 Å². The van der Waals surface area contributed by atoms with Crippen LogP contribution in [0, 0.1) is 0 Å². The lowest BCUT2D eigenvalue weighted by Gasteiger charge is -2.22. The summed E-state index contributed by atoms with van der Waals surface area (Å²) in [7, 11) is 3.09. The molecule has 1 heterocycles. The fraction of sp³-hybridized carbons (Fsp3) is 0.389. The Morgan fingerprint density at radius 2 is 2.12 bits per heavy atom. The number of thioether (sulfide) groups is 1. The first-order chi connectivity index (χ1) is 12.4. The molecule has 1 unspecified atom stereocenters. The molecule has 1 saturated heterocycles. The summed E-state index contributed by atoms with van der Waals surface area (Å²) in [5, 5.41) is 9.50. The molecule has 1 atom stereocenters. The van der Waals surface area contributed by atoms with E-state index in [1.54, 1.807) is 31.4 Å². The topological polar surface area (TPSA) is 76.1 Å². The molecule has 1 amide bonds. The van der Waals surface area contributed by atoms with E-state index in [1.165, 1.54) is 12.0 Å². The number of thiocarbonyl (C=S) groups is 1. The van der Waals surface area contributed by atoms with Gasteiger partial charge in [-0.15, -0.1) is 0 Å².